The van der Waals surface area contributed by atoms with E-state index < -0.39 is 17.9 Å². The number of carboxylic acids is 1. The van der Waals surface area contributed by atoms with E-state index in [0.717, 1.165) is 6.42 Å². The number of rotatable bonds is 7. The van der Waals surface area contributed by atoms with Crippen LogP contribution in [0.3, 0.4) is 0 Å². The van der Waals surface area contributed by atoms with Crippen molar-refractivity contribution in [2.75, 3.05) is 0 Å². The van der Waals surface area contributed by atoms with Crippen LogP contribution in [0.25, 0.3) is 0 Å². The first-order valence-electron chi connectivity index (χ1n) is 6.80. The van der Waals surface area contributed by atoms with Gasteiger partial charge in [0.15, 0.2) is 0 Å². The molecule has 0 aliphatic heterocycles. The Morgan fingerprint density at radius 1 is 1.45 bits per heavy atom. The smallest absolute Gasteiger partial charge is 0.326 e. The summed E-state index contributed by atoms with van der Waals surface area (Å²) in [5.74, 6) is -1.56. The number of carbonyl (C=O) groups excluding carboxylic acids is 1. The van der Waals surface area contributed by atoms with Gasteiger partial charge in [-0.3, -0.25) is 4.79 Å². The van der Waals surface area contributed by atoms with Gasteiger partial charge in [-0.25, -0.2) is 4.79 Å². The number of nitrogens with one attached hydrogen (secondary N) is 1. The average molecular weight is 301 g/mol. The van der Waals surface area contributed by atoms with Crippen LogP contribution in [0.15, 0.2) is 12.3 Å². The Morgan fingerprint density at radius 3 is 2.60 bits per heavy atom. The Kier molecular flexibility index (Phi) is 6.07. The number of hydrogen-bond donors (Lipinski definition) is 2. The highest BCUT2D eigenvalue weighted by molar-refractivity contribution is 6.31. The van der Waals surface area contributed by atoms with Gasteiger partial charge in [-0.05, 0) is 18.4 Å². The molecule has 0 saturated carbocycles. The molecular formula is C14H21ClN2O3. The Hall–Kier alpha value is -1.49. The molecule has 0 bridgehead atoms. The highest BCUT2D eigenvalue weighted by atomic mass is 35.5. The second-order valence-corrected chi connectivity index (χ2v) is 5.35. The summed E-state index contributed by atoms with van der Waals surface area (Å²) in [6, 6.07) is 0.665. The first-order chi connectivity index (χ1) is 9.40. The van der Waals surface area contributed by atoms with E-state index in [9.17, 15) is 14.7 Å². The minimum atomic E-state index is -1.02. The van der Waals surface area contributed by atoms with Crippen LogP contribution in [0.1, 0.15) is 44.1 Å². The molecule has 0 spiro atoms. The average Bonchev–Trinajstić information content (AvgIpc) is 2.76. The first kappa shape index (κ1) is 16.6. The molecule has 1 aromatic rings. The highest BCUT2D eigenvalue weighted by Gasteiger charge is 2.26. The molecule has 1 rings (SSSR count). The lowest BCUT2D eigenvalue weighted by Gasteiger charge is -2.20. The van der Waals surface area contributed by atoms with Gasteiger partial charge < -0.3 is 15.0 Å². The van der Waals surface area contributed by atoms with Crippen molar-refractivity contribution in [1.82, 2.24) is 9.88 Å². The molecule has 0 aliphatic rings. The van der Waals surface area contributed by atoms with Crippen LogP contribution >= 0.6 is 11.6 Å². The number of aromatic nitrogens is 1. The molecule has 5 nitrogen and oxygen atoms in total. The summed E-state index contributed by atoms with van der Waals surface area (Å²) in [6.45, 7) is 6.35. The lowest BCUT2D eigenvalue weighted by molar-refractivity contribution is -0.140. The van der Waals surface area contributed by atoms with E-state index in [1.807, 2.05) is 13.8 Å². The van der Waals surface area contributed by atoms with E-state index in [4.69, 9.17) is 11.6 Å². The van der Waals surface area contributed by atoms with Crippen molar-refractivity contribution < 1.29 is 14.7 Å². The van der Waals surface area contributed by atoms with Crippen LogP contribution < -0.4 is 5.32 Å². The van der Waals surface area contributed by atoms with Crippen molar-refractivity contribution in [2.24, 2.45) is 5.92 Å². The van der Waals surface area contributed by atoms with Gasteiger partial charge >= 0.3 is 5.97 Å². The molecule has 20 heavy (non-hydrogen) atoms. The zero-order valence-electron chi connectivity index (χ0n) is 12.0. The standard InChI is InChI=1S/C14H21ClN2O3/c1-4-6-17-8-10(15)7-11(17)13(18)16-12(14(19)20)9(3)5-2/h7-9,12H,4-6H2,1-3H3,(H,16,18)(H,19,20). The second kappa shape index (κ2) is 7.33. The monoisotopic (exact) mass is 300 g/mol. The van der Waals surface area contributed by atoms with Gasteiger partial charge in [0.25, 0.3) is 5.91 Å². The first-order valence-corrected chi connectivity index (χ1v) is 7.17. The zero-order valence-corrected chi connectivity index (χ0v) is 12.8. The third-order valence-electron chi connectivity index (χ3n) is 3.33. The van der Waals surface area contributed by atoms with E-state index in [1.165, 1.54) is 0 Å². The molecule has 2 atom stereocenters. The topological polar surface area (TPSA) is 71.3 Å². The van der Waals surface area contributed by atoms with Gasteiger partial charge in [-0.15, -0.1) is 0 Å². The van der Waals surface area contributed by atoms with E-state index in [1.54, 1.807) is 23.8 Å². The lowest BCUT2D eigenvalue weighted by atomic mass is 9.99. The van der Waals surface area contributed by atoms with Crippen molar-refractivity contribution in [3.8, 4) is 0 Å². The Balaban J connectivity index is 2.91. The number of halogens is 1. The molecule has 1 amide bonds. The minimum absolute atomic E-state index is 0.137. The van der Waals surface area contributed by atoms with Gasteiger partial charge in [-0.2, -0.15) is 0 Å². The predicted molar refractivity (Wildman–Crippen MR) is 78.1 cm³/mol. The highest BCUT2D eigenvalue weighted by Crippen LogP contribution is 2.16. The number of carboxylic acid groups (broad SMARTS) is 1. The van der Waals surface area contributed by atoms with Crippen molar-refractivity contribution in [3.05, 3.63) is 23.0 Å². The van der Waals surface area contributed by atoms with Crippen LogP contribution in [0.4, 0.5) is 0 Å². The molecule has 0 fully saturated rings. The summed E-state index contributed by atoms with van der Waals surface area (Å²) >= 11 is 5.92. The molecule has 2 N–H and O–H groups in total. The van der Waals surface area contributed by atoms with Crippen molar-refractivity contribution in [3.63, 3.8) is 0 Å². The van der Waals surface area contributed by atoms with Gasteiger partial charge in [-0.1, -0.05) is 38.8 Å². The lowest BCUT2D eigenvalue weighted by Crippen LogP contribution is -2.45. The summed E-state index contributed by atoms with van der Waals surface area (Å²) in [4.78, 5) is 23.5. The van der Waals surface area contributed by atoms with Gasteiger partial charge in [0.2, 0.25) is 0 Å². The molecule has 1 heterocycles. The number of hydrogen-bond acceptors (Lipinski definition) is 2. The van der Waals surface area contributed by atoms with Crippen LogP contribution in [0, 0.1) is 5.92 Å². The van der Waals surface area contributed by atoms with E-state index in [2.05, 4.69) is 5.32 Å². The fourth-order valence-electron chi connectivity index (χ4n) is 1.99. The molecule has 6 heteroatoms. The summed E-state index contributed by atoms with van der Waals surface area (Å²) in [5.41, 5.74) is 0.395. The normalized spacial score (nSPS) is 13.8. The second-order valence-electron chi connectivity index (χ2n) is 4.91. The van der Waals surface area contributed by atoms with Crippen molar-refractivity contribution in [1.29, 1.82) is 0 Å². The summed E-state index contributed by atoms with van der Waals surface area (Å²) in [6.07, 6.45) is 3.21. The summed E-state index contributed by atoms with van der Waals surface area (Å²) in [7, 11) is 0. The summed E-state index contributed by atoms with van der Waals surface area (Å²) < 4.78 is 1.74. The van der Waals surface area contributed by atoms with Gasteiger partial charge in [0.1, 0.15) is 11.7 Å². The van der Waals surface area contributed by atoms with Crippen molar-refractivity contribution in [2.45, 2.75) is 46.2 Å². The SMILES string of the molecule is CCCn1cc(Cl)cc1C(=O)NC(C(=O)O)C(C)CC. The van der Waals surface area contributed by atoms with Gasteiger partial charge in [0.05, 0.1) is 5.02 Å². The minimum Gasteiger partial charge on any atom is -0.480 e. The Morgan fingerprint density at radius 2 is 2.10 bits per heavy atom. The Labute approximate surface area is 123 Å². The maximum atomic E-state index is 12.2. The molecule has 0 aliphatic carbocycles. The molecule has 112 valence electrons. The fourth-order valence-corrected chi connectivity index (χ4v) is 2.21. The number of nitrogens with zero attached hydrogens (tertiary/aromatic N) is 1. The third-order valence-corrected chi connectivity index (χ3v) is 3.53. The molecule has 2 unspecified atom stereocenters. The van der Waals surface area contributed by atoms with E-state index >= 15 is 0 Å². The van der Waals surface area contributed by atoms with Crippen molar-refractivity contribution >= 4 is 23.5 Å². The van der Waals surface area contributed by atoms with E-state index in [0.29, 0.717) is 23.7 Å². The largest absolute Gasteiger partial charge is 0.480 e. The molecule has 0 aromatic carbocycles. The van der Waals surface area contributed by atoms with Crippen LogP contribution in [0.5, 0.6) is 0 Å². The quantitative estimate of drug-likeness (QED) is 0.813. The van der Waals surface area contributed by atoms with Crippen LogP contribution in [0.2, 0.25) is 5.02 Å². The van der Waals surface area contributed by atoms with Gasteiger partial charge in [0, 0.05) is 12.7 Å². The van der Waals surface area contributed by atoms with Crippen LogP contribution in [-0.4, -0.2) is 27.6 Å². The maximum absolute atomic E-state index is 12.2. The van der Waals surface area contributed by atoms with Crippen LogP contribution in [-0.2, 0) is 11.3 Å². The molecule has 0 radical (unpaired) electrons. The fraction of sp³-hybridized carbons (Fsp3) is 0.571. The zero-order chi connectivity index (χ0) is 15.3. The number of amides is 1. The number of aryl methyl sites for hydroxylation is 1. The molecular weight excluding hydrogens is 280 g/mol. The molecule has 0 saturated heterocycles. The number of aliphatic carboxylic acids is 1. The summed E-state index contributed by atoms with van der Waals surface area (Å²) in [5, 5.41) is 12.2. The molecule has 1 aromatic heterocycles. The van der Waals surface area contributed by atoms with E-state index in [-0.39, 0.29) is 5.92 Å². The Bertz CT molecular complexity index is 485. The number of carbonyl (C=O) groups is 2. The predicted octanol–water partition coefficient (Wildman–Crippen LogP) is 2.78. The maximum Gasteiger partial charge on any atom is 0.326 e. The third kappa shape index (κ3) is 4.00.